The van der Waals surface area contributed by atoms with Crippen molar-refractivity contribution in [3.05, 3.63) is 321 Å². The first-order valence-corrected chi connectivity index (χ1v) is 31.4. The fourth-order valence-electron chi connectivity index (χ4n) is 16.0. The van der Waals surface area contributed by atoms with E-state index in [2.05, 4.69) is 336 Å². The zero-order valence-corrected chi connectivity index (χ0v) is 49.6. The van der Waals surface area contributed by atoms with Crippen LogP contribution < -0.4 is 0 Å². The summed E-state index contributed by atoms with van der Waals surface area (Å²) in [6, 6.07) is 114. The normalized spacial score (nSPS) is 12.1. The van der Waals surface area contributed by atoms with Crippen LogP contribution in [0.25, 0.3) is 181 Å². The van der Waals surface area contributed by atoms with E-state index in [0.717, 1.165) is 165 Å². The molecule has 0 bridgehead atoms. The van der Waals surface area contributed by atoms with Gasteiger partial charge in [-0.2, -0.15) is 0 Å². The number of hydrogen-bond acceptors (Lipinski definition) is 0. The van der Waals surface area contributed by atoms with Gasteiger partial charge in [0.05, 0.1) is 101 Å². The summed E-state index contributed by atoms with van der Waals surface area (Å²) in [7, 11) is 0. The molecule has 6 heterocycles. The maximum Gasteiger partial charge on any atom is 0.187 e. The fraction of sp³-hybridized carbons (Fsp3) is 0. The van der Waals surface area contributed by atoms with Crippen LogP contribution in [0.5, 0.6) is 0 Å². The maximum atomic E-state index is 8.84. The van der Waals surface area contributed by atoms with Crippen molar-refractivity contribution in [2.24, 2.45) is 0 Å². The van der Waals surface area contributed by atoms with Gasteiger partial charge in [-0.15, -0.1) is 0 Å². The predicted octanol–water partition coefficient (Wildman–Crippen LogP) is 22.5. The number of hydrogen-bond donors (Lipinski definition) is 0. The van der Waals surface area contributed by atoms with Crippen molar-refractivity contribution in [2.75, 3.05) is 0 Å². The Kier molecular flexibility index (Phi) is 10.5. The van der Waals surface area contributed by atoms with E-state index in [1.807, 2.05) is 6.07 Å². The molecular formula is C85H51N7. The zero-order valence-electron chi connectivity index (χ0n) is 49.6. The molecular weight excluding hydrogens is 1120 g/mol. The quantitative estimate of drug-likeness (QED) is 0.143. The van der Waals surface area contributed by atoms with Gasteiger partial charge in [0, 0.05) is 75.9 Å². The molecule has 0 atom stereocenters. The summed E-state index contributed by atoms with van der Waals surface area (Å²) in [5.74, 6) is 0. The van der Waals surface area contributed by atoms with E-state index in [1.165, 1.54) is 10.8 Å². The van der Waals surface area contributed by atoms with E-state index < -0.39 is 0 Å². The minimum atomic E-state index is 0.546. The number of aromatic nitrogens is 6. The number of nitrogens with zero attached hydrogens (tertiary/aromatic N) is 7. The molecule has 0 amide bonds. The molecule has 7 heteroatoms. The predicted molar refractivity (Wildman–Crippen MR) is 384 cm³/mol. The molecule has 0 saturated heterocycles. The Balaban J connectivity index is 1.18. The van der Waals surface area contributed by atoms with Gasteiger partial charge >= 0.3 is 0 Å². The summed E-state index contributed by atoms with van der Waals surface area (Å²) in [5, 5.41) is 13.7. The van der Waals surface area contributed by atoms with E-state index in [-0.39, 0.29) is 0 Å². The Morgan fingerprint density at radius 3 is 0.891 bits per heavy atom. The first kappa shape index (κ1) is 50.4. The minimum Gasteiger partial charge on any atom is -0.309 e. The van der Waals surface area contributed by atoms with Gasteiger partial charge in [-0.05, 0) is 90.5 Å². The van der Waals surface area contributed by atoms with Crippen LogP contribution in [0.2, 0.25) is 0 Å². The lowest BCUT2D eigenvalue weighted by molar-refractivity contribution is 1.00. The Morgan fingerprint density at radius 1 is 0.217 bits per heavy atom. The maximum absolute atomic E-state index is 8.84. The van der Waals surface area contributed by atoms with Crippen molar-refractivity contribution in [1.29, 1.82) is 0 Å². The third kappa shape index (κ3) is 6.76. The van der Waals surface area contributed by atoms with Crippen LogP contribution in [-0.2, 0) is 0 Å². The van der Waals surface area contributed by atoms with Gasteiger partial charge in [-0.1, -0.05) is 224 Å². The Labute approximate surface area is 526 Å². The van der Waals surface area contributed by atoms with Crippen LogP contribution in [0.3, 0.4) is 0 Å². The van der Waals surface area contributed by atoms with E-state index in [9.17, 15) is 0 Å². The molecule has 14 aromatic carbocycles. The summed E-state index contributed by atoms with van der Waals surface area (Å²) >= 11 is 0. The van der Waals surface area contributed by atoms with Crippen LogP contribution in [0.4, 0.5) is 5.69 Å². The summed E-state index contributed by atoms with van der Waals surface area (Å²) in [4.78, 5) is 4.27. The molecule has 0 radical (unpaired) electrons. The number of benzene rings is 14. The monoisotopic (exact) mass is 1170 g/mol. The standard InChI is InChI=1S/C85H51N7/c1-86-54-27-25-26-53(52-54)78-81(88-68-41-16-5-30-56(68)57-31-6-17-42-69(57)88)83(90-72-45-20-9-34-60(72)61-35-10-21-46-73(61)90)85(92-76-49-24-14-39-66(76)79-77(92)51-50-65-64-38-13-15-40-67(64)87(80(65)79)55-28-3-2-4-29-55)84(91-74-47-22-11-36-62(74)63-37-12-23-48-75(63)91)82(78)89-70-43-18-7-32-58(70)59-33-8-19-44-71(59)89/h2-52H. The second-order valence-electron chi connectivity index (χ2n) is 24.2. The summed E-state index contributed by atoms with van der Waals surface area (Å²) in [5.41, 5.74) is 21.1. The highest BCUT2D eigenvalue weighted by atomic mass is 15.2. The zero-order chi connectivity index (χ0) is 60.3. The average molecular weight is 1170 g/mol. The summed E-state index contributed by atoms with van der Waals surface area (Å²) < 4.78 is 15.5. The SMILES string of the molecule is [C-]#[N+]c1cccc(-c2c(-n3c4ccccc4c4ccccc43)c(-n3c4ccccc4c4ccccc43)c(-n3c4ccccc4c4c3ccc3c5ccccc5n(-c5ccccc5)c34)c(-n3c4ccccc4c4ccccc43)c2-n2c3ccccc3c3ccccc32)c1. The summed E-state index contributed by atoms with van der Waals surface area (Å²) in [6.45, 7) is 8.84. The van der Waals surface area contributed by atoms with Crippen LogP contribution >= 0.6 is 0 Å². The number of para-hydroxylation sites is 11. The smallest absolute Gasteiger partial charge is 0.187 e. The number of fused-ring (bicyclic) bond motifs is 19. The molecule has 0 N–H and O–H groups in total. The van der Waals surface area contributed by atoms with Gasteiger partial charge in [0.1, 0.15) is 0 Å². The van der Waals surface area contributed by atoms with Gasteiger partial charge < -0.3 is 27.4 Å². The van der Waals surface area contributed by atoms with Gasteiger partial charge in [-0.25, -0.2) is 4.85 Å². The molecule has 426 valence electrons. The molecule has 0 fully saturated rings. The lowest BCUT2D eigenvalue weighted by Gasteiger charge is -2.32. The highest BCUT2D eigenvalue weighted by molar-refractivity contribution is 6.27. The molecule has 0 spiro atoms. The second-order valence-corrected chi connectivity index (χ2v) is 24.2. The minimum absolute atomic E-state index is 0.546. The van der Waals surface area contributed by atoms with Crippen molar-refractivity contribution in [2.45, 2.75) is 0 Å². The second kappa shape index (κ2) is 19.2. The van der Waals surface area contributed by atoms with E-state index >= 15 is 0 Å². The molecule has 0 aliphatic carbocycles. The van der Waals surface area contributed by atoms with E-state index in [1.54, 1.807) is 0 Å². The van der Waals surface area contributed by atoms with Crippen LogP contribution in [0.15, 0.2) is 309 Å². The van der Waals surface area contributed by atoms with Crippen molar-refractivity contribution in [3.63, 3.8) is 0 Å². The first-order valence-electron chi connectivity index (χ1n) is 31.4. The topological polar surface area (TPSA) is 33.9 Å². The van der Waals surface area contributed by atoms with E-state index in [4.69, 9.17) is 6.57 Å². The third-order valence-corrected chi connectivity index (χ3v) is 19.6. The highest BCUT2D eigenvalue weighted by Gasteiger charge is 2.37. The largest absolute Gasteiger partial charge is 0.309 e. The highest BCUT2D eigenvalue weighted by Crippen LogP contribution is 2.55. The summed E-state index contributed by atoms with van der Waals surface area (Å²) in [6.07, 6.45) is 0. The molecule has 6 aromatic heterocycles. The van der Waals surface area contributed by atoms with Gasteiger partial charge in [0.2, 0.25) is 0 Å². The lowest BCUT2D eigenvalue weighted by Crippen LogP contribution is -2.18. The van der Waals surface area contributed by atoms with Crippen molar-refractivity contribution >= 4 is 137 Å². The first-order chi connectivity index (χ1) is 45.7. The van der Waals surface area contributed by atoms with Gasteiger partial charge in [-0.3, -0.25) is 0 Å². The molecule has 0 saturated carbocycles. The van der Waals surface area contributed by atoms with Crippen molar-refractivity contribution in [1.82, 2.24) is 27.4 Å². The molecule has 0 aliphatic heterocycles. The third-order valence-electron chi connectivity index (χ3n) is 19.6. The molecule has 0 aliphatic rings. The Hall–Kier alpha value is -12.6. The molecule has 92 heavy (non-hydrogen) atoms. The van der Waals surface area contributed by atoms with Crippen LogP contribution in [0, 0.1) is 6.57 Å². The average Bonchev–Trinajstić information content (AvgIpc) is 1.46. The molecule has 20 aromatic rings. The fourth-order valence-corrected chi connectivity index (χ4v) is 16.0. The lowest BCUT2D eigenvalue weighted by atomic mass is 9.94. The Morgan fingerprint density at radius 2 is 0.511 bits per heavy atom. The Bertz CT molecular complexity index is 6120. The van der Waals surface area contributed by atoms with Crippen molar-refractivity contribution in [3.8, 4) is 45.3 Å². The van der Waals surface area contributed by atoms with Crippen LogP contribution in [-0.4, -0.2) is 27.4 Å². The van der Waals surface area contributed by atoms with Crippen LogP contribution in [0.1, 0.15) is 0 Å². The molecule has 7 nitrogen and oxygen atoms in total. The van der Waals surface area contributed by atoms with E-state index in [0.29, 0.717) is 5.69 Å². The number of rotatable bonds is 7. The molecule has 20 rings (SSSR count). The van der Waals surface area contributed by atoms with Gasteiger partial charge in [0.25, 0.3) is 0 Å². The van der Waals surface area contributed by atoms with Crippen molar-refractivity contribution < 1.29 is 0 Å². The molecule has 0 unspecified atom stereocenters. The van der Waals surface area contributed by atoms with Gasteiger partial charge in [0.15, 0.2) is 5.69 Å².